The number of aromatic hydroxyl groups is 1. The van der Waals surface area contributed by atoms with Crippen LogP contribution in [0.2, 0.25) is 0 Å². The topological polar surface area (TPSA) is 52.6 Å². The molecule has 124 valence electrons. The third-order valence-electron chi connectivity index (χ3n) is 4.84. The summed E-state index contributed by atoms with van der Waals surface area (Å²) in [4.78, 5) is 17.0. The third-order valence-corrected chi connectivity index (χ3v) is 5.85. The van der Waals surface area contributed by atoms with E-state index in [2.05, 4.69) is 10.2 Å². The molecule has 2 saturated heterocycles. The summed E-state index contributed by atoms with van der Waals surface area (Å²) in [6.45, 7) is 3.30. The van der Waals surface area contributed by atoms with Gasteiger partial charge in [-0.15, -0.1) is 0 Å². The van der Waals surface area contributed by atoms with Gasteiger partial charge in [-0.3, -0.25) is 4.79 Å². The molecule has 2 aliphatic heterocycles. The number of carbonyl (C=O) groups excluding carboxylic acids is 1. The Morgan fingerprint density at radius 3 is 2.29 bits per heavy atom. The van der Waals surface area contributed by atoms with Gasteiger partial charge in [0.1, 0.15) is 5.75 Å². The van der Waals surface area contributed by atoms with Crippen LogP contribution in [0.1, 0.15) is 16.8 Å². The van der Waals surface area contributed by atoms with Crippen molar-refractivity contribution in [1.29, 1.82) is 0 Å². The van der Waals surface area contributed by atoms with E-state index in [9.17, 15) is 9.90 Å². The van der Waals surface area contributed by atoms with Gasteiger partial charge in [-0.1, -0.05) is 11.8 Å². The van der Waals surface area contributed by atoms with Gasteiger partial charge in [0, 0.05) is 34.5 Å². The third kappa shape index (κ3) is 3.28. The van der Waals surface area contributed by atoms with Crippen LogP contribution in [0.5, 0.6) is 5.75 Å². The number of nitrogens with zero attached hydrogens (tertiary/aromatic N) is 1. The molecule has 2 aliphatic rings. The number of carbonyl (C=O) groups is 1. The standard InChI is InChI=1S/C19H20N2O2S/c22-15-3-7-17(8-4-15)24-16-5-1-13(2-6-16)19(23)20-18-12-21-10-9-14(18)11-21/h1-8,14,18,22H,9-12H2,(H,20,23)/t14-,18?/m0/s1. The Morgan fingerprint density at radius 2 is 1.71 bits per heavy atom. The van der Waals surface area contributed by atoms with E-state index in [1.165, 1.54) is 13.0 Å². The summed E-state index contributed by atoms with van der Waals surface area (Å²) >= 11 is 1.61. The van der Waals surface area contributed by atoms with E-state index in [0.717, 1.165) is 22.9 Å². The molecular weight excluding hydrogens is 320 g/mol. The van der Waals surface area contributed by atoms with Crippen molar-refractivity contribution in [3.05, 3.63) is 54.1 Å². The van der Waals surface area contributed by atoms with E-state index in [0.29, 0.717) is 17.5 Å². The zero-order valence-electron chi connectivity index (χ0n) is 13.3. The average molecular weight is 340 g/mol. The van der Waals surface area contributed by atoms with Gasteiger partial charge in [0.2, 0.25) is 0 Å². The number of phenols is 1. The van der Waals surface area contributed by atoms with Gasteiger partial charge in [0.15, 0.2) is 0 Å². The minimum atomic E-state index is 0.0231. The first-order valence-corrected chi connectivity index (χ1v) is 9.09. The average Bonchev–Trinajstić information content (AvgIpc) is 3.20. The highest BCUT2D eigenvalue weighted by Gasteiger charge is 2.38. The summed E-state index contributed by atoms with van der Waals surface area (Å²) in [6.07, 6.45) is 1.20. The zero-order chi connectivity index (χ0) is 16.5. The van der Waals surface area contributed by atoms with E-state index in [-0.39, 0.29) is 11.7 Å². The minimum Gasteiger partial charge on any atom is -0.508 e. The molecule has 2 bridgehead atoms. The van der Waals surface area contributed by atoms with Crippen molar-refractivity contribution in [2.75, 3.05) is 19.6 Å². The Hall–Kier alpha value is -1.98. The molecule has 1 amide bonds. The lowest BCUT2D eigenvalue weighted by Gasteiger charge is -2.23. The summed E-state index contributed by atoms with van der Waals surface area (Å²) in [5, 5.41) is 12.5. The van der Waals surface area contributed by atoms with Gasteiger partial charge < -0.3 is 15.3 Å². The van der Waals surface area contributed by atoms with Crippen LogP contribution in [0.25, 0.3) is 0 Å². The molecular formula is C19H20N2O2S. The fourth-order valence-electron chi connectivity index (χ4n) is 3.52. The van der Waals surface area contributed by atoms with Crippen LogP contribution in [0.3, 0.4) is 0 Å². The highest BCUT2D eigenvalue weighted by molar-refractivity contribution is 7.99. The predicted molar refractivity (Wildman–Crippen MR) is 94.5 cm³/mol. The number of fused-ring (bicyclic) bond motifs is 2. The Kier molecular flexibility index (Phi) is 4.21. The molecule has 4 nitrogen and oxygen atoms in total. The molecule has 24 heavy (non-hydrogen) atoms. The molecule has 0 saturated carbocycles. The smallest absolute Gasteiger partial charge is 0.251 e. The van der Waals surface area contributed by atoms with Gasteiger partial charge in [0.05, 0.1) is 0 Å². The van der Waals surface area contributed by atoms with Gasteiger partial charge in [0.25, 0.3) is 5.91 Å². The van der Waals surface area contributed by atoms with E-state index in [1.54, 1.807) is 23.9 Å². The summed E-state index contributed by atoms with van der Waals surface area (Å²) < 4.78 is 0. The molecule has 0 aliphatic carbocycles. The van der Waals surface area contributed by atoms with Crippen molar-refractivity contribution in [2.24, 2.45) is 5.92 Å². The van der Waals surface area contributed by atoms with Gasteiger partial charge in [-0.25, -0.2) is 0 Å². The van der Waals surface area contributed by atoms with E-state index < -0.39 is 0 Å². The first-order chi connectivity index (χ1) is 11.7. The van der Waals surface area contributed by atoms with Gasteiger partial charge in [-0.2, -0.15) is 0 Å². The molecule has 4 rings (SSSR count). The highest BCUT2D eigenvalue weighted by Crippen LogP contribution is 2.30. The summed E-state index contributed by atoms with van der Waals surface area (Å²) in [5.41, 5.74) is 0.711. The normalized spacial score (nSPS) is 24.9. The molecule has 2 fully saturated rings. The molecule has 5 heteroatoms. The molecule has 2 unspecified atom stereocenters. The maximum atomic E-state index is 12.4. The fourth-order valence-corrected chi connectivity index (χ4v) is 4.34. The first-order valence-electron chi connectivity index (χ1n) is 8.27. The lowest BCUT2D eigenvalue weighted by molar-refractivity contribution is 0.0924. The largest absolute Gasteiger partial charge is 0.508 e. The van der Waals surface area contributed by atoms with E-state index in [1.807, 2.05) is 36.4 Å². The molecule has 2 N–H and O–H groups in total. The maximum absolute atomic E-state index is 12.4. The van der Waals surface area contributed by atoms with Crippen molar-refractivity contribution in [2.45, 2.75) is 22.3 Å². The number of nitrogens with one attached hydrogen (secondary N) is 1. The number of piperidine rings is 1. The number of hydrogen-bond donors (Lipinski definition) is 2. The Balaban J connectivity index is 1.38. The van der Waals surface area contributed by atoms with Crippen molar-refractivity contribution in [3.8, 4) is 5.75 Å². The number of benzene rings is 2. The van der Waals surface area contributed by atoms with Crippen molar-refractivity contribution in [1.82, 2.24) is 10.2 Å². The zero-order valence-corrected chi connectivity index (χ0v) is 14.1. The second-order valence-corrected chi connectivity index (χ2v) is 7.66. The lowest BCUT2D eigenvalue weighted by atomic mass is 9.99. The van der Waals surface area contributed by atoms with Gasteiger partial charge in [-0.05, 0) is 67.4 Å². The van der Waals surface area contributed by atoms with Crippen LogP contribution in [0.15, 0.2) is 58.3 Å². The quantitative estimate of drug-likeness (QED) is 0.898. The van der Waals surface area contributed by atoms with Crippen LogP contribution in [0.4, 0.5) is 0 Å². The number of phenolic OH excluding ortho intramolecular Hbond substituents is 1. The summed E-state index contributed by atoms with van der Waals surface area (Å²) in [5.74, 6) is 0.913. The number of hydrogen-bond acceptors (Lipinski definition) is 4. The number of rotatable bonds is 4. The predicted octanol–water partition coefficient (Wildman–Crippen LogP) is 2.98. The molecule has 0 spiro atoms. The summed E-state index contributed by atoms with van der Waals surface area (Å²) in [6, 6.07) is 15.1. The minimum absolute atomic E-state index is 0.0231. The van der Waals surface area contributed by atoms with Crippen molar-refractivity contribution < 1.29 is 9.90 Å². The fraction of sp³-hybridized carbons (Fsp3) is 0.316. The van der Waals surface area contributed by atoms with Gasteiger partial charge >= 0.3 is 0 Å². The van der Waals surface area contributed by atoms with Crippen molar-refractivity contribution in [3.63, 3.8) is 0 Å². The van der Waals surface area contributed by atoms with Crippen LogP contribution >= 0.6 is 11.8 Å². The second kappa shape index (κ2) is 6.49. The van der Waals surface area contributed by atoms with Crippen LogP contribution in [0, 0.1) is 5.92 Å². The Bertz CT molecular complexity index is 730. The summed E-state index contributed by atoms with van der Waals surface area (Å²) in [7, 11) is 0. The van der Waals surface area contributed by atoms with E-state index in [4.69, 9.17) is 0 Å². The first kappa shape index (κ1) is 15.5. The number of amides is 1. The highest BCUT2D eigenvalue weighted by atomic mass is 32.2. The maximum Gasteiger partial charge on any atom is 0.251 e. The molecule has 0 aromatic heterocycles. The molecule has 0 radical (unpaired) electrons. The van der Waals surface area contributed by atoms with E-state index >= 15 is 0 Å². The Labute approximate surface area is 145 Å². The monoisotopic (exact) mass is 340 g/mol. The van der Waals surface area contributed by atoms with Crippen molar-refractivity contribution >= 4 is 17.7 Å². The SMILES string of the molecule is O=C(NC1CN2CC[C@H]1C2)c1ccc(Sc2ccc(O)cc2)cc1. The second-order valence-electron chi connectivity index (χ2n) is 6.51. The lowest BCUT2D eigenvalue weighted by Crippen LogP contribution is -2.43. The molecule has 3 atom stereocenters. The molecule has 2 heterocycles. The molecule has 2 aromatic rings. The van der Waals surface area contributed by atoms with Crippen LogP contribution < -0.4 is 5.32 Å². The Morgan fingerprint density at radius 1 is 1.04 bits per heavy atom. The molecule has 2 aromatic carbocycles. The van der Waals surface area contributed by atoms with Crippen LogP contribution in [-0.2, 0) is 0 Å². The van der Waals surface area contributed by atoms with Crippen LogP contribution in [-0.4, -0.2) is 41.6 Å².